The second kappa shape index (κ2) is 6.99. The first kappa shape index (κ1) is 14.5. The Balaban J connectivity index is 2.75. The normalized spacial score (nSPS) is 12.4. The van der Waals surface area contributed by atoms with Crippen molar-refractivity contribution in [2.75, 3.05) is 13.3 Å². The molecule has 0 bridgehead atoms. The van der Waals surface area contributed by atoms with Crippen LogP contribution in [0.15, 0.2) is 24.3 Å². The van der Waals surface area contributed by atoms with Crippen LogP contribution in [0.5, 0.6) is 5.75 Å². The molecule has 0 saturated heterocycles. The van der Waals surface area contributed by atoms with Crippen LogP contribution >= 0.6 is 0 Å². The smallest absolute Gasteiger partial charge is 0.341 e. The van der Waals surface area contributed by atoms with Gasteiger partial charge in [0, 0.05) is 5.92 Å². The number of ether oxygens (including phenoxy) is 1. The fourth-order valence-electron chi connectivity index (χ4n) is 1.86. The molecule has 0 amide bonds. The summed E-state index contributed by atoms with van der Waals surface area (Å²) < 4.78 is 18.1. The Morgan fingerprint density at radius 2 is 2.17 bits per heavy atom. The molecule has 1 N–H and O–H groups in total. The molecule has 100 valence electrons. The second-order valence-corrected chi connectivity index (χ2v) is 4.74. The van der Waals surface area contributed by atoms with Gasteiger partial charge in [-0.2, -0.15) is 0 Å². The summed E-state index contributed by atoms with van der Waals surface area (Å²) in [5.74, 6) is -0.297. The fraction of sp³-hybridized carbons (Fsp3) is 0.500. The largest absolute Gasteiger partial charge is 0.482 e. The van der Waals surface area contributed by atoms with Gasteiger partial charge in [-0.05, 0) is 30.0 Å². The van der Waals surface area contributed by atoms with Gasteiger partial charge in [-0.25, -0.2) is 4.79 Å². The lowest BCUT2D eigenvalue weighted by molar-refractivity contribution is -0.139. The predicted molar refractivity (Wildman–Crippen MR) is 67.7 cm³/mol. The van der Waals surface area contributed by atoms with E-state index in [0.29, 0.717) is 11.7 Å². The first-order valence-corrected chi connectivity index (χ1v) is 6.03. The maximum atomic E-state index is 13.0. The van der Waals surface area contributed by atoms with Crippen molar-refractivity contribution in [3.63, 3.8) is 0 Å². The average molecular weight is 254 g/mol. The first-order valence-electron chi connectivity index (χ1n) is 6.03. The third-order valence-electron chi connectivity index (χ3n) is 2.63. The minimum atomic E-state index is -1.02. The van der Waals surface area contributed by atoms with E-state index in [4.69, 9.17) is 9.84 Å². The highest BCUT2D eigenvalue weighted by molar-refractivity contribution is 5.68. The van der Waals surface area contributed by atoms with Gasteiger partial charge >= 0.3 is 5.97 Å². The molecule has 0 fully saturated rings. The van der Waals surface area contributed by atoms with E-state index in [1.807, 2.05) is 19.9 Å². The summed E-state index contributed by atoms with van der Waals surface area (Å²) in [6.07, 6.45) is 0.763. The van der Waals surface area contributed by atoms with Crippen molar-refractivity contribution in [2.45, 2.75) is 26.2 Å². The Bertz CT molecular complexity index is 390. The van der Waals surface area contributed by atoms with E-state index in [9.17, 15) is 9.18 Å². The molecule has 0 aliphatic heterocycles. The van der Waals surface area contributed by atoms with E-state index in [0.717, 1.165) is 12.0 Å². The number of aliphatic carboxylic acids is 1. The summed E-state index contributed by atoms with van der Waals surface area (Å²) >= 11 is 0. The highest BCUT2D eigenvalue weighted by Gasteiger charge is 2.14. The maximum absolute atomic E-state index is 13.0. The molecule has 1 aromatic carbocycles. The van der Waals surface area contributed by atoms with Gasteiger partial charge in [-0.15, -0.1) is 0 Å². The molecule has 0 saturated carbocycles. The zero-order valence-electron chi connectivity index (χ0n) is 10.7. The summed E-state index contributed by atoms with van der Waals surface area (Å²) in [6, 6.07) is 7.00. The summed E-state index contributed by atoms with van der Waals surface area (Å²) in [5, 5.41) is 8.53. The molecule has 1 unspecified atom stereocenters. The zero-order valence-corrected chi connectivity index (χ0v) is 10.7. The molecule has 0 aliphatic carbocycles. The van der Waals surface area contributed by atoms with E-state index >= 15 is 0 Å². The van der Waals surface area contributed by atoms with Crippen molar-refractivity contribution >= 4 is 5.97 Å². The molecule has 0 heterocycles. The molecule has 0 aromatic heterocycles. The molecule has 0 spiro atoms. The number of carbonyl (C=O) groups is 1. The Kier molecular flexibility index (Phi) is 5.62. The van der Waals surface area contributed by atoms with Crippen LogP contribution < -0.4 is 4.74 Å². The van der Waals surface area contributed by atoms with Crippen LogP contribution in [-0.2, 0) is 4.79 Å². The SMILES string of the molecule is CC(C)CC(CF)c1cccc(OCC(=O)O)c1. The number of hydrogen-bond donors (Lipinski definition) is 1. The van der Waals surface area contributed by atoms with Crippen LogP contribution in [-0.4, -0.2) is 24.4 Å². The van der Waals surface area contributed by atoms with Crippen molar-refractivity contribution < 1.29 is 19.0 Å². The van der Waals surface area contributed by atoms with Crippen molar-refractivity contribution in [1.82, 2.24) is 0 Å². The summed E-state index contributed by atoms with van der Waals surface area (Å²) in [7, 11) is 0. The topological polar surface area (TPSA) is 46.5 Å². The standard InChI is InChI=1S/C14H19FO3/c1-10(2)6-12(8-15)11-4-3-5-13(7-11)18-9-14(16)17/h3-5,7,10,12H,6,8-9H2,1-2H3,(H,16,17). The van der Waals surface area contributed by atoms with Crippen molar-refractivity contribution in [1.29, 1.82) is 0 Å². The Morgan fingerprint density at radius 3 is 2.72 bits per heavy atom. The van der Waals surface area contributed by atoms with Gasteiger partial charge in [0.15, 0.2) is 6.61 Å². The number of halogens is 1. The van der Waals surface area contributed by atoms with Crippen LogP contribution in [0.4, 0.5) is 4.39 Å². The Labute approximate surface area is 107 Å². The summed E-state index contributed by atoms with van der Waals surface area (Å²) in [4.78, 5) is 10.4. The minimum absolute atomic E-state index is 0.154. The van der Waals surface area contributed by atoms with Gasteiger partial charge in [0.25, 0.3) is 0 Å². The number of benzene rings is 1. The number of carboxylic acids is 1. The molecule has 4 heteroatoms. The minimum Gasteiger partial charge on any atom is -0.482 e. The van der Waals surface area contributed by atoms with Gasteiger partial charge in [0.05, 0.1) is 6.67 Å². The van der Waals surface area contributed by atoms with Crippen LogP contribution in [0, 0.1) is 5.92 Å². The fourth-order valence-corrected chi connectivity index (χ4v) is 1.86. The van der Waals surface area contributed by atoms with Gasteiger partial charge in [-0.1, -0.05) is 26.0 Å². The number of alkyl halides is 1. The van der Waals surface area contributed by atoms with E-state index in [2.05, 4.69) is 0 Å². The van der Waals surface area contributed by atoms with Crippen LogP contribution in [0.1, 0.15) is 31.7 Å². The second-order valence-electron chi connectivity index (χ2n) is 4.74. The Hall–Kier alpha value is -1.58. The van der Waals surface area contributed by atoms with Crippen molar-refractivity contribution in [3.05, 3.63) is 29.8 Å². The highest BCUT2D eigenvalue weighted by atomic mass is 19.1. The number of hydrogen-bond acceptors (Lipinski definition) is 2. The van der Waals surface area contributed by atoms with Crippen molar-refractivity contribution in [3.8, 4) is 5.75 Å². The third-order valence-corrected chi connectivity index (χ3v) is 2.63. The van der Waals surface area contributed by atoms with Crippen LogP contribution in [0.3, 0.4) is 0 Å². The quantitative estimate of drug-likeness (QED) is 0.812. The van der Waals surface area contributed by atoms with Crippen LogP contribution in [0.2, 0.25) is 0 Å². The van der Waals surface area contributed by atoms with Gasteiger partial charge < -0.3 is 9.84 Å². The van der Waals surface area contributed by atoms with Crippen LogP contribution in [0.25, 0.3) is 0 Å². The maximum Gasteiger partial charge on any atom is 0.341 e. The van der Waals surface area contributed by atoms with E-state index < -0.39 is 12.6 Å². The van der Waals surface area contributed by atoms with E-state index in [1.165, 1.54) is 0 Å². The molecule has 1 rings (SSSR count). The summed E-state index contributed by atoms with van der Waals surface area (Å²) in [5.41, 5.74) is 0.856. The number of rotatable bonds is 7. The van der Waals surface area contributed by atoms with Gasteiger partial charge in [0.2, 0.25) is 0 Å². The molecular weight excluding hydrogens is 235 g/mol. The summed E-state index contributed by atoms with van der Waals surface area (Å²) in [6.45, 7) is 3.30. The number of carboxylic acid groups (broad SMARTS) is 1. The molecule has 18 heavy (non-hydrogen) atoms. The van der Waals surface area contributed by atoms with E-state index in [-0.39, 0.29) is 12.5 Å². The van der Waals surface area contributed by atoms with Crippen molar-refractivity contribution in [2.24, 2.45) is 5.92 Å². The van der Waals surface area contributed by atoms with E-state index in [1.54, 1.807) is 18.2 Å². The highest BCUT2D eigenvalue weighted by Crippen LogP contribution is 2.27. The lowest BCUT2D eigenvalue weighted by Crippen LogP contribution is -2.10. The lowest BCUT2D eigenvalue weighted by atomic mass is 9.91. The average Bonchev–Trinajstić information content (AvgIpc) is 2.33. The van der Waals surface area contributed by atoms with Gasteiger partial charge in [-0.3, -0.25) is 4.39 Å². The molecule has 0 radical (unpaired) electrons. The molecule has 0 aliphatic rings. The molecule has 1 atom stereocenters. The third kappa shape index (κ3) is 4.73. The molecular formula is C14H19FO3. The predicted octanol–water partition coefficient (Wildman–Crippen LogP) is 3.25. The monoisotopic (exact) mass is 254 g/mol. The Morgan fingerprint density at radius 1 is 1.44 bits per heavy atom. The molecule has 3 nitrogen and oxygen atoms in total. The first-order chi connectivity index (χ1) is 8.52. The lowest BCUT2D eigenvalue weighted by Gasteiger charge is -2.16. The van der Waals surface area contributed by atoms with Gasteiger partial charge in [0.1, 0.15) is 5.75 Å². The molecule has 1 aromatic rings. The zero-order chi connectivity index (χ0) is 13.5.